The van der Waals surface area contributed by atoms with Gasteiger partial charge in [-0.05, 0) is 7.05 Å². The highest BCUT2D eigenvalue weighted by molar-refractivity contribution is 6.61. The molecule has 0 aliphatic carbocycles. The second-order valence-electron chi connectivity index (χ2n) is 1.18. The first-order chi connectivity index (χ1) is 6.08. The van der Waals surface area contributed by atoms with E-state index in [1.54, 1.807) is 0 Å². The minimum Gasteiger partial charge on any atom is -0.457 e. The van der Waals surface area contributed by atoms with Crippen LogP contribution in [-0.2, 0) is 9.47 Å². The van der Waals surface area contributed by atoms with Crippen LogP contribution in [0.25, 0.3) is 0 Å². The van der Waals surface area contributed by atoms with Gasteiger partial charge in [0.1, 0.15) is 0 Å². The van der Waals surface area contributed by atoms with Crippen molar-refractivity contribution >= 4 is 23.1 Å². The first-order valence-corrected chi connectivity index (χ1v) is 3.53. The van der Waals surface area contributed by atoms with Gasteiger partial charge in [0.25, 0.3) is 0 Å². The Morgan fingerprint density at radius 1 is 1.21 bits per heavy atom. The van der Waals surface area contributed by atoms with Crippen LogP contribution in [0.15, 0.2) is 0 Å². The maximum atomic E-state index is 9.85. The quantitative estimate of drug-likeness (QED) is 0.610. The highest BCUT2D eigenvalue weighted by Gasteiger charge is 1.85. The zero-order valence-corrected chi connectivity index (χ0v) is 8.84. The van der Waals surface area contributed by atoms with E-state index in [0.717, 1.165) is 0 Å². The smallest absolute Gasteiger partial charge is 0.406 e. The largest absolute Gasteiger partial charge is 0.457 e. The molecule has 0 aliphatic heterocycles. The van der Waals surface area contributed by atoms with Gasteiger partial charge in [-0.3, -0.25) is 0 Å². The van der Waals surface area contributed by atoms with E-state index in [1.165, 1.54) is 28.3 Å². The molecule has 0 spiro atoms. The highest BCUT2D eigenvalue weighted by atomic mass is 35.5. The summed E-state index contributed by atoms with van der Waals surface area (Å²) in [5, 5.41) is 2.25. The minimum atomic E-state index is -0.773. The number of ether oxygens (including phenoxy) is 2. The van der Waals surface area contributed by atoms with E-state index in [-0.39, 0.29) is 7.43 Å². The zero-order valence-electron chi connectivity index (χ0n) is 8.09. The van der Waals surface area contributed by atoms with Gasteiger partial charge < -0.3 is 20.5 Å². The number of amides is 1. The number of alkyl carbamates (subject to hydrolysis) is 1. The van der Waals surface area contributed by atoms with Crippen molar-refractivity contribution in [1.82, 2.24) is 5.32 Å². The lowest BCUT2D eigenvalue weighted by atomic mass is 11.1. The fourth-order valence-electron chi connectivity index (χ4n) is 0.102. The highest BCUT2D eigenvalue weighted by Crippen LogP contribution is 1.78. The van der Waals surface area contributed by atoms with Gasteiger partial charge in [-0.15, -0.1) is 0 Å². The van der Waals surface area contributed by atoms with Gasteiger partial charge in [-0.2, -0.15) is 0 Å². The van der Waals surface area contributed by atoms with E-state index in [1.807, 2.05) is 0 Å². The van der Waals surface area contributed by atoms with Gasteiger partial charge in [0.2, 0.25) is 0 Å². The molecule has 0 aliphatic rings. The van der Waals surface area contributed by atoms with Crippen molar-refractivity contribution < 1.29 is 19.1 Å². The lowest BCUT2D eigenvalue weighted by molar-refractivity contribution is 0.173. The summed E-state index contributed by atoms with van der Waals surface area (Å²) in [5.74, 6) is 0. The van der Waals surface area contributed by atoms with Gasteiger partial charge in [-0.1, -0.05) is 7.43 Å². The summed E-state index contributed by atoms with van der Waals surface area (Å²) >= 11 is 4.60. The lowest BCUT2D eigenvalue weighted by Gasteiger charge is -1.90. The van der Waals surface area contributed by atoms with E-state index >= 15 is 0 Å². The Balaban J connectivity index is -0.0000000576. The zero-order chi connectivity index (χ0) is 11.3. The van der Waals surface area contributed by atoms with E-state index in [2.05, 4.69) is 32.1 Å². The normalized spacial score (nSPS) is 5.86. The molecule has 14 heavy (non-hydrogen) atoms. The Morgan fingerprint density at radius 3 is 1.50 bits per heavy atom. The first-order valence-electron chi connectivity index (χ1n) is 3.15. The van der Waals surface area contributed by atoms with E-state index in [0.29, 0.717) is 0 Å². The average molecular weight is 231 g/mol. The van der Waals surface area contributed by atoms with Gasteiger partial charge in [0.15, 0.2) is 0 Å². The van der Waals surface area contributed by atoms with Gasteiger partial charge in [0.05, 0.1) is 14.2 Å². The Bertz CT molecular complexity index is 127. The standard InChI is InChI=1S/C3H7NO2.C2H3ClO2.CH5N.CH4/c1-4-3(5)6-2;1-5-2(3)4;1-2;/h1-2H3,(H,4,5);1H3;2H2,1H3;1H4. The molecular formula is C7H19ClN2O4. The molecule has 88 valence electrons. The van der Waals surface area contributed by atoms with Crippen molar-refractivity contribution in [3.05, 3.63) is 0 Å². The number of hydrogen-bond acceptors (Lipinski definition) is 5. The van der Waals surface area contributed by atoms with Gasteiger partial charge in [-0.25, -0.2) is 9.59 Å². The number of carbonyl (C=O) groups excluding carboxylic acids is 2. The molecule has 0 unspecified atom stereocenters. The number of hydrogen-bond donors (Lipinski definition) is 2. The fraction of sp³-hybridized carbons (Fsp3) is 0.714. The molecule has 3 N–H and O–H groups in total. The topological polar surface area (TPSA) is 90.7 Å². The molecule has 7 heteroatoms. The summed E-state index contributed by atoms with van der Waals surface area (Å²) in [7, 11) is 5.54. The van der Waals surface area contributed by atoms with Crippen molar-refractivity contribution in [2.24, 2.45) is 5.73 Å². The van der Waals surface area contributed by atoms with Crippen molar-refractivity contribution in [2.75, 3.05) is 28.3 Å². The maximum absolute atomic E-state index is 9.85. The monoisotopic (exact) mass is 230 g/mol. The van der Waals surface area contributed by atoms with Crippen LogP contribution < -0.4 is 11.1 Å². The molecule has 0 heterocycles. The molecule has 0 aromatic carbocycles. The molecule has 0 rings (SSSR count). The molecule has 0 aromatic heterocycles. The van der Waals surface area contributed by atoms with Crippen molar-refractivity contribution in [3.63, 3.8) is 0 Å². The summed E-state index contributed by atoms with van der Waals surface area (Å²) in [6.45, 7) is 0. The number of halogens is 1. The van der Waals surface area contributed by atoms with E-state index in [4.69, 9.17) is 0 Å². The van der Waals surface area contributed by atoms with Crippen molar-refractivity contribution in [3.8, 4) is 0 Å². The number of nitrogens with two attached hydrogens (primary N) is 1. The van der Waals surface area contributed by atoms with Crippen LogP contribution in [0, 0.1) is 0 Å². The first kappa shape index (κ1) is 23.1. The summed E-state index contributed by atoms with van der Waals surface area (Å²) in [6.07, 6.45) is -0.407. The van der Waals surface area contributed by atoms with Crippen LogP contribution in [0.1, 0.15) is 7.43 Å². The molecule has 6 nitrogen and oxygen atoms in total. The predicted molar refractivity (Wildman–Crippen MR) is 56.6 cm³/mol. The number of carbonyl (C=O) groups is 2. The fourth-order valence-corrected chi connectivity index (χ4v) is 0.102. The van der Waals surface area contributed by atoms with Crippen LogP contribution >= 0.6 is 11.6 Å². The van der Waals surface area contributed by atoms with Crippen molar-refractivity contribution in [2.45, 2.75) is 7.43 Å². The maximum Gasteiger partial charge on any atom is 0.406 e. The van der Waals surface area contributed by atoms with Crippen LogP contribution in [0.3, 0.4) is 0 Å². The average Bonchev–Trinajstić information content (AvgIpc) is 2.20. The SMILES string of the molecule is C.CN.CNC(=O)OC.COC(=O)Cl. The Morgan fingerprint density at radius 2 is 1.50 bits per heavy atom. The van der Waals surface area contributed by atoms with E-state index in [9.17, 15) is 9.59 Å². The third kappa shape index (κ3) is 44.0. The van der Waals surface area contributed by atoms with Crippen LogP contribution in [0.5, 0.6) is 0 Å². The van der Waals surface area contributed by atoms with Crippen molar-refractivity contribution in [1.29, 1.82) is 0 Å². The van der Waals surface area contributed by atoms with Crippen LogP contribution in [-0.4, -0.2) is 39.8 Å². The molecule has 0 radical (unpaired) electrons. The molecule has 0 saturated carbocycles. The number of nitrogens with one attached hydrogen (secondary N) is 1. The van der Waals surface area contributed by atoms with Crippen LogP contribution in [0.2, 0.25) is 0 Å². The Labute approximate surface area is 89.7 Å². The second-order valence-corrected chi connectivity index (χ2v) is 1.49. The van der Waals surface area contributed by atoms with E-state index < -0.39 is 11.5 Å². The second kappa shape index (κ2) is 22.7. The molecule has 0 bridgehead atoms. The third-order valence-electron chi connectivity index (χ3n) is 0.550. The summed E-state index contributed by atoms with van der Waals surface area (Å²) in [5.41, 5.74) is 3.73. The summed E-state index contributed by atoms with van der Waals surface area (Å²) in [4.78, 5) is 19.2. The molecule has 0 atom stereocenters. The molecule has 0 fully saturated rings. The van der Waals surface area contributed by atoms with Gasteiger partial charge in [0, 0.05) is 18.6 Å². The summed E-state index contributed by atoms with van der Waals surface area (Å²) in [6, 6.07) is 0. The molecular weight excluding hydrogens is 212 g/mol. The van der Waals surface area contributed by atoms with Crippen LogP contribution in [0.4, 0.5) is 9.59 Å². The third-order valence-corrected chi connectivity index (χ3v) is 0.704. The number of methoxy groups -OCH3 is 2. The lowest BCUT2D eigenvalue weighted by Crippen LogP contribution is -2.16. The Hall–Kier alpha value is -1.01. The molecule has 1 amide bonds. The van der Waals surface area contributed by atoms with Gasteiger partial charge >= 0.3 is 11.5 Å². The predicted octanol–water partition coefficient (Wildman–Crippen LogP) is 1.17. The minimum absolute atomic E-state index is 0. The Kier molecular flexibility index (Phi) is 37.4. The number of rotatable bonds is 0. The molecule has 0 aromatic rings. The summed E-state index contributed by atoms with van der Waals surface area (Å²) < 4.78 is 8.03. The molecule has 0 saturated heterocycles.